The highest BCUT2D eigenvalue weighted by atomic mass is 32.1. The third kappa shape index (κ3) is 6.88. The van der Waals surface area contributed by atoms with E-state index in [0.29, 0.717) is 50.8 Å². The van der Waals surface area contributed by atoms with Crippen LogP contribution in [0.15, 0.2) is 35.7 Å². The summed E-state index contributed by atoms with van der Waals surface area (Å²) in [6.07, 6.45) is 1.26. The Bertz CT molecular complexity index is 687. The van der Waals surface area contributed by atoms with Gasteiger partial charge in [0.1, 0.15) is 6.61 Å². The van der Waals surface area contributed by atoms with Gasteiger partial charge in [-0.1, -0.05) is 12.1 Å². The van der Waals surface area contributed by atoms with E-state index in [1.165, 1.54) is 0 Å². The van der Waals surface area contributed by atoms with E-state index in [2.05, 4.69) is 0 Å². The van der Waals surface area contributed by atoms with Crippen molar-refractivity contribution < 1.29 is 19.0 Å². The summed E-state index contributed by atoms with van der Waals surface area (Å²) in [7, 11) is 1.63. The third-order valence-electron chi connectivity index (χ3n) is 4.17. The number of methoxy groups -OCH3 is 1. The van der Waals surface area contributed by atoms with Crippen LogP contribution in [0.3, 0.4) is 0 Å². The summed E-state index contributed by atoms with van der Waals surface area (Å²) < 4.78 is 16.7. The molecule has 0 radical (unpaired) electrons. The largest absolute Gasteiger partial charge is 0.493 e. The number of thiophene rings is 1. The highest BCUT2D eigenvalue weighted by molar-refractivity contribution is 7.09. The Kier molecular flexibility index (Phi) is 9.15. The summed E-state index contributed by atoms with van der Waals surface area (Å²) in [6.45, 7) is 7.03. The van der Waals surface area contributed by atoms with Crippen LogP contribution in [0, 0.1) is 0 Å². The normalized spacial score (nSPS) is 10.6. The number of carbonyl (C=O) groups excluding carboxylic acids is 1. The lowest BCUT2D eigenvalue weighted by molar-refractivity contribution is -0.132. The van der Waals surface area contributed by atoms with Gasteiger partial charge < -0.3 is 19.1 Å². The molecular formula is C21H29NO4S. The predicted molar refractivity (Wildman–Crippen MR) is 108 cm³/mol. The minimum atomic E-state index is 0.147. The average Bonchev–Trinajstić information content (AvgIpc) is 3.21. The van der Waals surface area contributed by atoms with Crippen LogP contribution in [0.1, 0.15) is 37.1 Å². The lowest BCUT2D eigenvalue weighted by Crippen LogP contribution is -2.30. The lowest BCUT2D eigenvalue weighted by Gasteiger charge is -2.22. The second kappa shape index (κ2) is 11.6. The minimum Gasteiger partial charge on any atom is -0.493 e. The average molecular weight is 392 g/mol. The zero-order valence-electron chi connectivity index (χ0n) is 16.4. The zero-order chi connectivity index (χ0) is 19.5. The molecule has 1 aromatic carbocycles. The van der Waals surface area contributed by atoms with Crippen molar-refractivity contribution in [2.24, 2.45) is 0 Å². The molecule has 0 aliphatic carbocycles. The SMILES string of the molecule is CCOCCCC(=O)N(CC)Cc1ccc(OCc2cccs2)c(OC)c1. The molecule has 0 bridgehead atoms. The van der Waals surface area contributed by atoms with E-state index >= 15 is 0 Å². The first kappa shape index (κ1) is 21.3. The Morgan fingerprint density at radius 3 is 2.70 bits per heavy atom. The quantitative estimate of drug-likeness (QED) is 0.500. The third-order valence-corrected chi connectivity index (χ3v) is 5.02. The molecule has 1 aromatic heterocycles. The summed E-state index contributed by atoms with van der Waals surface area (Å²) in [5, 5.41) is 2.03. The molecule has 0 saturated carbocycles. The van der Waals surface area contributed by atoms with E-state index in [-0.39, 0.29) is 5.91 Å². The molecule has 6 heteroatoms. The van der Waals surface area contributed by atoms with Crippen LogP contribution in [-0.4, -0.2) is 37.7 Å². The van der Waals surface area contributed by atoms with Crippen LogP contribution in [0.4, 0.5) is 0 Å². The zero-order valence-corrected chi connectivity index (χ0v) is 17.2. The minimum absolute atomic E-state index is 0.147. The maximum atomic E-state index is 12.4. The summed E-state index contributed by atoms with van der Waals surface area (Å²) in [4.78, 5) is 15.4. The highest BCUT2D eigenvalue weighted by Gasteiger charge is 2.14. The van der Waals surface area contributed by atoms with Crippen molar-refractivity contribution in [2.45, 2.75) is 39.8 Å². The van der Waals surface area contributed by atoms with Gasteiger partial charge >= 0.3 is 0 Å². The maximum absolute atomic E-state index is 12.4. The number of amides is 1. The smallest absolute Gasteiger partial charge is 0.222 e. The predicted octanol–water partition coefficient (Wildman–Crippen LogP) is 4.50. The van der Waals surface area contributed by atoms with E-state index < -0.39 is 0 Å². The fraction of sp³-hybridized carbons (Fsp3) is 0.476. The number of rotatable bonds is 12. The van der Waals surface area contributed by atoms with Crippen LogP contribution in [0.5, 0.6) is 11.5 Å². The molecule has 0 saturated heterocycles. The van der Waals surface area contributed by atoms with Gasteiger partial charge in [-0.2, -0.15) is 0 Å². The van der Waals surface area contributed by atoms with Crippen LogP contribution < -0.4 is 9.47 Å². The van der Waals surface area contributed by atoms with Crippen molar-refractivity contribution in [2.75, 3.05) is 26.9 Å². The molecule has 0 spiro atoms. The Morgan fingerprint density at radius 2 is 2.04 bits per heavy atom. The molecule has 27 heavy (non-hydrogen) atoms. The fourth-order valence-corrected chi connectivity index (χ4v) is 3.31. The molecule has 5 nitrogen and oxygen atoms in total. The second-order valence-electron chi connectivity index (χ2n) is 6.06. The topological polar surface area (TPSA) is 48.0 Å². The van der Waals surface area contributed by atoms with Crippen molar-refractivity contribution >= 4 is 17.2 Å². The molecule has 0 N–H and O–H groups in total. The lowest BCUT2D eigenvalue weighted by atomic mass is 10.1. The molecule has 2 rings (SSSR count). The molecule has 1 amide bonds. The maximum Gasteiger partial charge on any atom is 0.222 e. The van der Waals surface area contributed by atoms with Crippen LogP contribution in [-0.2, 0) is 22.7 Å². The number of hydrogen-bond acceptors (Lipinski definition) is 5. The van der Waals surface area contributed by atoms with Crippen molar-refractivity contribution in [1.82, 2.24) is 4.90 Å². The van der Waals surface area contributed by atoms with E-state index in [1.807, 2.05) is 54.5 Å². The number of carbonyl (C=O) groups is 1. The number of nitrogens with zero attached hydrogens (tertiary/aromatic N) is 1. The number of benzene rings is 1. The summed E-state index contributed by atoms with van der Waals surface area (Å²) in [5.41, 5.74) is 1.02. The van der Waals surface area contributed by atoms with Crippen LogP contribution in [0.2, 0.25) is 0 Å². The molecule has 0 aliphatic rings. The molecule has 2 aromatic rings. The van der Waals surface area contributed by atoms with Crippen LogP contribution in [0.25, 0.3) is 0 Å². The van der Waals surface area contributed by atoms with E-state index in [9.17, 15) is 4.79 Å². The summed E-state index contributed by atoms with van der Waals surface area (Å²) >= 11 is 1.66. The molecule has 0 aliphatic heterocycles. The van der Waals surface area contributed by atoms with Gasteiger partial charge in [0.2, 0.25) is 5.91 Å². The number of ether oxygens (including phenoxy) is 3. The Morgan fingerprint density at radius 1 is 1.19 bits per heavy atom. The Balaban J connectivity index is 1.95. The van der Waals surface area contributed by atoms with Gasteiger partial charge in [0.25, 0.3) is 0 Å². The van der Waals surface area contributed by atoms with Crippen molar-refractivity contribution in [3.8, 4) is 11.5 Å². The van der Waals surface area contributed by atoms with Gasteiger partial charge in [-0.15, -0.1) is 11.3 Å². The number of hydrogen-bond donors (Lipinski definition) is 0. The highest BCUT2D eigenvalue weighted by Crippen LogP contribution is 2.29. The van der Waals surface area contributed by atoms with Gasteiger partial charge in [-0.25, -0.2) is 0 Å². The van der Waals surface area contributed by atoms with Gasteiger partial charge in [0.05, 0.1) is 7.11 Å². The summed E-state index contributed by atoms with van der Waals surface area (Å²) in [6, 6.07) is 9.90. The molecule has 148 valence electrons. The fourth-order valence-electron chi connectivity index (χ4n) is 2.70. The molecular weight excluding hydrogens is 362 g/mol. The Hall–Kier alpha value is -2.05. The second-order valence-corrected chi connectivity index (χ2v) is 7.09. The monoisotopic (exact) mass is 391 g/mol. The molecule has 0 unspecified atom stereocenters. The van der Waals surface area contributed by atoms with Gasteiger partial charge in [-0.3, -0.25) is 4.79 Å². The first-order chi connectivity index (χ1) is 13.2. The standard InChI is InChI=1S/C21H29NO4S/c1-4-22(21(23)9-6-12-25-5-2)15-17-10-11-19(20(14-17)24-3)26-16-18-8-7-13-27-18/h7-8,10-11,13-14H,4-6,9,12,15-16H2,1-3H3. The van der Waals surface area contributed by atoms with Crippen molar-refractivity contribution in [3.63, 3.8) is 0 Å². The summed E-state index contributed by atoms with van der Waals surface area (Å²) in [5.74, 6) is 1.54. The van der Waals surface area contributed by atoms with Crippen LogP contribution >= 0.6 is 11.3 Å². The van der Waals surface area contributed by atoms with E-state index in [4.69, 9.17) is 14.2 Å². The van der Waals surface area contributed by atoms with E-state index in [1.54, 1.807) is 18.4 Å². The molecule has 0 fully saturated rings. The van der Waals surface area contributed by atoms with Gasteiger partial charge in [-0.05, 0) is 49.4 Å². The first-order valence-electron chi connectivity index (χ1n) is 9.35. The first-order valence-corrected chi connectivity index (χ1v) is 10.2. The Labute approximate surface area is 165 Å². The molecule has 1 heterocycles. The van der Waals surface area contributed by atoms with Gasteiger partial charge in [0.15, 0.2) is 11.5 Å². The van der Waals surface area contributed by atoms with Gasteiger partial charge in [0, 0.05) is 37.6 Å². The van der Waals surface area contributed by atoms with Crippen molar-refractivity contribution in [1.29, 1.82) is 0 Å². The molecule has 0 atom stereocenters. The van der Waals surface area contributed by atoms with Crippen molar-refractivity contribution in [3.05, 3.63) is 46.2 Å². The van der Waals surface area contributed by atoms with E-state index in [0.717, 1.165) is 16.9 Å².